The largest absolute Gasteiger partial charge is 0.320 e. The first kappa shape index (κ1) is 34.4. The first-order chi connectivity index (χ1) is 18.8. The Morgan fingerprint density at radius 1 is 0.421 bits per heavy atom. The molecule has 0 aliphatic carbocycles. The highest BCUT2D eigenvalue weighted by Gasteiger charge is 2.26. The molecule has 0 aliphatic heterocycles. The van der Waals surface area contributed by atoms with Gasteiger partial charge in [-0.3, -0.25) is 0 Å². The molecule has 1 heteroatoms. The van der Waals surface area contributed by atoms with E-state index in [9.17, 15) is 0 Å². The SMILES string of the molecule is C=CCCCCCCCC[N+](CCCCCCCCC=C)(CCCCCCCCC=C)Cc1ccccc1. The Morgan fingerprint density at radius 2 is 0.737 bits per heavy atom. The molecule has 1 rings (SSSR count). The number of hydrogen-bond donors (Lipinski definition) is 0. The first-order valence-electron chi connectivity index (χ1n) is 16.5. The second-order valence-electron chi connectivity index (χ2n) is 11.8. The zero-order chi connectivity index (χ0) is 27.4. The zero-order valence-corrected chi connectivity index (χ0v) is 25.4. The van der Waals surface area contributed by atoms with Gasteiger partial charge < -0.3 is 4.48 Å². The second-order valence-corrected chi connectivity index (χ2v) is 11.8. The predicted molar refractivity (Wildman–Crippen MR) is 173 cm³/mol. The van der Waals surface area contributed by atoms with Crippen molar-refractivity contribution in [3.63, 3.8) is 0 Å². The van der Waals surface area contributed by atoms with E-state index in [4.69, 9.17) is 0 Å². The van der Waals surface area contributed by atoms with Gasteiger partial charge in [0.05, 0.1) is 19.6 Å². The van der Waals surface area contributed by atoms with E-state index in [2.05, 4.69) is 68.3 Å². The van der Waals surface area contributed by atoms with Crippen LogP contribution in [0.25, 0.3) is 0 Å². The number of nitrogens with zero attached hydrogens (tertiary/aromatic N) is 1. The average Bonchev–Trinajstić information content (AvgIpc) is 2.93. The number of quaternary nitrogens is 1. The quantitative estimate of drug-likeness (QED) is 0.0557. The van der Waals surface area contributed by atoms with Crippen LogP contribution in [0.4, 0.5) is 0 Å². The van der Waals surface area contributed by atoms with Crippen molar-refractivity contribution in [1.29, 1.82) is 0 Å². The van der Waals surface area contributed by atoms with Gasteiger partial charge in [-0.25, -0.2) is 0 Å². The minimum absolute atomic E-state index is 1.18. The molecule has 0 aliphatic rings. The Hall–Kier alpha value is -1.60. The molecule has 0 unspecified atom stereocenters. The molecule has 0 heterocycles. The topological polar surface area (TPSA) is 0 Å². The van der Waals surface area contributed by atoms with Crippen LogP contribution in [-0.2, 0) is 6.54 Å². The summed E-state index contributed by atoms with van der Waals surface area (Å²) in [6.45, 7) is 16.9. The Balaban J connectivity index is 2.65. The van der Waals surface area contributed by atoms with Gasteiger partial charge in [-0.15, -0.1) is 19.7 Å². The predicted octanol–water partition coefficient (Wildman–Crippen LogP) is 11.8. The smallest absolute Gasteiger partial charge is 0.104 e. The van der Waals surface area contributed by atoms with Crippen molar-refractivity contribution in [3.05, 3.63) is 73.9 Å². The minimum Gasteiger partial charge on any atom is -0.320 e. The molecule has 216 valence electrons. The lowest BCUT2D eigenvalue weighted by Gasteiger charge is -2.39. The highest BCUT2D eigenvalue weighted by Crippen LogP contribution is 2.22. The summed E-state index contributed by atoms with van der Waals surface area (Å²) in [5.41, 5.74) is 1.53. The van der Waals surface area contributed by atoms with Crippen molar-refractivity contribution < 1.29 is 4.48 Å². The van der Waals surface area contributed by atoms with Crippen LogP contribution < -0.4 is 0 Å². The van der Waals surface area contributed by atoms with Crippen LogP contribution in [0.2, 0.25) is 0 Å². The molecule has 0 fully saturated rings. The summed E-state index contributed by atoms with van der Waals surface area (Å²) < 4.78 is 1.31. The number of benzene rings is 1. The summed E-state index contributed by atoms with van der Waals surface area (Å²) in [4.78, 5) is 0. The molecule has 1 aromatic rings. The molecule has 38 heavy (non-hydrogen) atoms. The molecule has 0 spiro atoms. The molecule has 0 atom stereocenters. The van der Waals surface area contributed by atoms with Crippen LogP contribution in [0.5, 0.6) is 0 Å². The third-order valence-electron chi connectivity index (χ3n) is 8.23. The summed E-state index contributed by atoms with van der Waals surface area (Å²) in [6, 6.07) is 11.4. The van der Waals surface area contributed by atoms with Gasteiger partial charge in [-0.1, -0.05) is 106 Å². The first-order valence-corrected chi connectivity index (χ1v) is 16.5. The van der Waals surface area contributed by atoms with Gasteiger partial charge in [-0.05, 0) is 77.0 Å². The summed E-state index contributed by atoms with van der Waals surface area (Å²) in [6.07, 6.45) is 34.5. The molecule has 0 bridgehead atoms. The molecule has 1 aromatic carbocycles. The molecule has 0 radical (unpaired) electrons. The summed E-state index contributed by atoms with van der Waals surface area (Å²) in [7, 11) is 0. The third-order valence-corrected chi connectivity index (χ3v) is 8.23. The molecular weight excluding hydrogens is 458 g/mol. The minimum atomic E-state index is 1.18. The molecular formula is C37H64N+. The lowest BCUT2D eigenvalue weighted by Crippen LogP contribution is -2.49. The fourth-order valence-corrected chi connectivity index (χ4v) is 5.87. The summed E-state index contributed by atoms with van der Waals surface area (Å²) in [5.74, 6) is 0. The van der Waals surface area contributed by atoms with Crippen LogP contribution >= 0.6 is 0 Å². The van der Waals surface area contributed by atoms with Crippen molar-refractivity contribution in [2.75, 3.05) is 19.6 Å². The zero-order valence-electron chi connectivity index (χ0n) is 25.4. The molecule has 0 saturated carbocycles. The molecule has 0 aromatic heterocycles. The Bertz CT molecular complexity index is 601. The van der Waals surface area contributed by atoms with E-state index in [1.165, 1.54) is 171 Å². The van der Waals surface area contributed by atoms with Gasteiger partial charge in [0.25, 0.3) is 0 Å². The fourth-order valence-electron chi connectivity index (χ4n) is 5.87. The molecule has 1 nitrogen and oxygen atoms in total. The van der Waals surface area contributed by atoms with E-state index in [1.54, 1.807) is 0 Å². The van der Waals surface area contributed by atoms with Crippen molar-refractivity contribution in [3.8, 4) is 0 Å². The number of hydrogen-bond acceptors (Lipinski definition) is 0. The lowest BCUT2D eigenvalue weighted by molar-refractivity contribution is -0.941. The van der Waals surface area contributed by atoms with Crippen LogP contribution in [0.1, 0.15) is 140 Å². The lowest BCUT2D eigenvalue weighted by atomic mass is 10.0. The Labute approximate surface area is 239 Å². The van der Waals surface area contributed by atoms with Crippen LogP contribution in [0.15, 0.2) is 68.3 Å². The van der Waals surface area contributed by atoms with E-state index in [0.29, 0.717) is 0 Å². The molecule has 0 N–H and O–H groups in total. The van der Waals surface area contributed by atoms with E-state index in [-0.39, 0.29) is 0 Å². The maximum Gasteiger partial charge on any atom is 0.104 e. The highest BCUT2D eigenvalue weighted by molar-refractivity contribution is 5.13. The highest BCUT2D eigenvalue weighted by atomic mass is 15.3. The van der Waals surface area contributed by atoms with Crippen molar-refractivity contribution >= 4 is 0 Å². The van der Waals surface area contributed by atoms with Gasteiger partial charge in [-0.2, -0.15) is 0 Å². The third kappa shape index (κ3) is 19.5. The van der Waals surface area contributed by atoms with Crippen molar-refractivity contribution in [1.82, 2.24) is 0 Å². The molecule has 0 amide bonds. The van der Waals surface area contributed by atoms with E-state index >= 15 is 0 Å². The van der Waals surface area contributed by atoms with Gasteiger partial charge in [0, 0.05) is 5.56 Å². The molecule has 0 saturated heterocycles. The van der Waals surface area contributed by atoms with Crippen molar-refractivity contribution in [2.24, 2.45) is 0 Å². The number of rotatable bonds is 29. The average molecular weight is 523 g/mol. The van der Waals surface area contributed by atoms with Gasteiger partial charge in [0.2, 0.25) is 0 Å². The maximum absolute atomic E-state index is 3.87. The monoisotopic (exact) mass is 523 g/mol. The van der Waals surface area contributed by atoms with Crippen LogP contribution in [-0.4, -0.2) is 24.1 Å². The van der Waals surface area contributed by atoms with Crippen LogP contribution in [0.3, 0.4) is 0 Å². The Morgan fingerprint density at radius 3 is 1.08 bits per heavy atom. The van der Waals surface area contributed by atoms with E-state index in [1.807, 2.05) is 0 Å². The van der Waals surface area contributed by atoms with Gasteiger partial charge >= 0.3 is 0 Å². The normalized spacial score (nSPS) is 11.5. The fraction of sp³-hybridized carbons (Fsp3) is 0.676. The second kappa shape index (κ2) is 25.7. The Kier molecular flexibility index (Phi) is 23.3. The van der Waals surface area contributed by atoms with Gasteiger partial charge in [0.1, 0.15) is 6.54 Å². The summed E-state index contributed by atoms with van der Waals surface area (Å²) in [5, 5.41) is 0. The van der Waals surface area contributed by atoms with Crippen molar-refractivity contribution in [2.45, 2.75) is 141 Å². The summed E-state index contributed by atoms with van der Waals surface area (Å²) >= 11 is 0. The van der Waals surface area contributed by atoms with Crippen LogP contribution in [0, 0.1) is 0 Å². The number of allylic oxidation sites excluding steroid dienone is 3. The standard InChI is InChI=1S/C37H64N/c1-4-7-10-13-16-19-22-28-33-38(36-37-31-26-25-27-32-37,34-29-23-20-17-14-11-8-5-2)35-30-24-21-18-15-12-9-6-3/h4-6,25-27,31-32H,1-3,7-24,28-30,33-36H2/q+1. The number of unbranched alkanes of at least 4 members (excludes halogenated alkanes) is 18. The van der Waals surface area contributed by atoms with E-state index < -0.39 is 0 Å². The maximum atomic E-state index is 3.87. The van der Waals surface area contributed by atoms with E-state index in [0.717, 1.165) is 0 Å². The van der Waals surface area contributed by atoms with Gasteiger partial charge in [0.15, 0.2) is 0 Å².